The molecule has 3 nitrogen and oxygen atoms in total. The fourth-order valence-corrected chi connectivity index (χ4v) is 2.76. The first-order valence-electron chi connectivity index (χ1n) is 7.95. The van der Waals surface area contributed by atoms with Gasteiger partial charge in [0.1, 0.15) is 18.6 Å². The third-order valence-electron chi connectivity index (χ3n) is 4.05. The quantitative estimate of drug-likeness (QED) is 0.557. The molecule has 0 saturated carbocycles. The topological polar surface area (TPSA) is 35.5 Å². The fourth-order valence-electron chi connectivity index (χ4n) is 2.76. The highest BCUT2D eigenvalue weighted by Gasteiger charge is 2.13. The predicted octanol–water partition coefficient (Wildman–Crippen LogP) is 4.51. The van der Waals surface area contributed by atoms with Gasteiger partial charge in [-0.25, -0.2) is 0 Å². The van der Waals surface area contributed by atoms with Gasteiger partial charge < -0.3 is 9.47 Å². The van der Waals surface area contributed by atoms with Crippen molar-refractivity contribution in [3.63, 3.8) is 0 Å². The summed E-state index contributed by atoms with van der Waals surface area (Å²) in [6.07, 6.45) is 0.881. The molecule has 0 heterocycles. The smallest absolute Gasteiger partial charge is 0.150 e. The lowest BCUT2D eigenvalue weighted by molar-refractivity contribution is 0.110. The van der Waals surface area contributed by atoms with Crippen LogP contribution in [0.3, 0.4) is 0 Å². The Morgan fingerprint density at radius 1 is 1.04 bits per heavy atom. The van der Waals surface area contributed by atoms with Crippen LogP contribution in [0.5, 0.6) is 5.75 Å². The van der Waals surface area contributed by atoms with Gasteiger partial charge in [0.25, 0.3) is 0 Å². The molecule has 0 fully saturated rings. The van der Waals surface area contributed by atoms with Gasteiger partial charge in [0.05, 0.1) is 6.61 Å². The lowest BCUT2D eigenvalue weighted by Gasteiger charge is -2.18. The van der Waals surface area contributed by atoms with E-state index in [1.54, 1.807) is 0 Å². The zero-order valence-electron chi connectivity index (χ0n) is 14.3. The van der Waals surface area contributed by atoms with Crippen LogP contribution in [0.25, 0.3) is 11.1 Å². The Kier molecular flexibility index (Phi) is 5.94. The minimum Gasteiger partial charge on any atom is -0.491 e. The number of hydrogen-bond donors (Lipinski definition) is 0. The van der Waals surface area contributed by atoms with Gasteiger partial charge in [0.2, 0.25) is 0 Å². The molecule has 2 aromatic rings. The zero-order valence-corrected chi connectivity index (χ0v) is 14.3. The average Bonchev–Trinajstić information content (AvgIpc) is 2.56. The summed E-state index contributed by atoms with van der Waals surface area (Å²) in [7, 11) is 0. The second-order valence-electron chi connectivity index (χ2n) is 5.61. The summed E-state index contributed by atoms with van der Waals surface area (Å²) < 4.78 is 11.2. The van der Waals surface area contributed by atoms with Crippen molar-refractivity contribution >= 4 is 6.29 Å². The Morgan fingerprint density at radius 2 is 1.83 bits per heavy atom. The number of carbonyl (C=O) groups is 1. The Hall–Kier alpha value is -2.13. The van der Waals surface area contributed by atoms with E-state index in [4.69, 9.17) is 9.47 Å². The molecule has 0 atom stereocenters. The van der Waals surface area contributed by atoms with Gasteiger partial charge >= 0.3 is 0 Å². The molecule has 0 aliphatic heterocycles. The van der Waals surface area contributed by atoms with Crippen LogP contribution in [0.2, 0.25) is 0 Å². The molecule has 0 bridgehead atoms. The van der Waals surface area contributed by atoms with E-state index in [0.717, 1.165) is 28.7 Å². The molecule has 0 saturated heterocycles. The molecule has 0 N–H and O–H groups in total. The molecular weight excluding hydrogens is 288 g/mol. The Bertz CT molecular complexity index is 690. The van der Waals surface area contributed by atoms with Crippen LogP contribution in [-0.2, 0) is 4.74 Å². The number of aryl methyl sites for hydroxylation is 1. The van der Waals surface area contributed by atoms with Crippen LogP contribution in [0.1, 0.15) is 34.0 Å². The lowest BCUT2D eigenvalue weighted by atomic mass is 9.91. The zero-order chi connectivity index (χ0) is 16.8. The summed E-state index contributed by atoms with van der Waals surface area (Å²) in [4.78, 5) is 11.0. The molecule has 3 heteroatoms. The lowest BCUT2D eigenvalue weighted by Crippen LogP contribution is -2.08. The molecule has 2 aromatic carbocycles. The van der Waals surface area contributed by atoms with Gasteiger partial charge in [0.15, 0.2) is 0 Å². The molecule has 0 spiro atoms. The number of rotatable bonds is 7. The molecule has 0 aromatic heterocycles. The van der Waals surface area contributed by atoms with Gasteiger partial charge in [-0.3, -0.25) is 4.79 Å². The third-order valence-corrected chi connectivity index (χ3v) is 4.05. The molecule has 0 aliphatic carbocycles. The van der Waals surface area contributed by atoms with E-state index in [-0.39, 0.29) is 0 Å². The summed E-state index contributed by atoms with van der Waals surface area (Å²) >= 11 is 0. The van der Waals surface area contributed by atoms with Crippen molar-refractivity contribution in [1.29, 1.82) is 0 Å². The number of hydrogen-bond acceptors (Lipinski definition) is 3. The summed E-state index contributed by atoms with van der Waals surface area (Å²) in [5.41, 5.74) is 6.37. The monoisotopic (exact) mass is 312 g/mol. The molecule has 0 amide bonds. The second kappa shape index (κ2) is 7.93. The first-order valence-corrected chi connectivity index (χ1v) is 7.95. The Balaban J connectivity index is 2.35. The van der Waals surface area contributed by atoms with Crippen LogP contribution in [-0.4, -0.2) is 26.1 Å². The van der Waals surface area contributed by atoms with Crippen LogP contribution >= 0.6 is 0 Å². The average molecular weight is 312 g/mol. The van der Waals surface area contributed by atoms with Crippen molar-refractivity contribution < 1.29 is 14.3 Å². The fraction of sp³-hybridized carbons (Fsp3) is 0.350. The second-order valence-corrected chi connectivity index (χ2v) is 5.61. The van der Waals surface area contributed by atoms with Crippen LogP contribution < -0.4 is 4.74 Å². The number of carbonyl (C=O) groups excluding carboxylic acids is 1. The van der Waals surface area contributed by atoms with Crippen molar-refractivity contribution in [1.82, 2.24) is 0 Å². The normalized spacial score (nSPS) is 10.6. The van der Waals surface area contributed by atoms with E-state index < -0.39 is 0 Å². The molecule has 0 unspecified atom stereocenters. The van der Waals surface area contributed by atoms with E-state index in [1.165, 1.54) is 11.1 Å². The van der Waals surface area contributed by atoms with E-state index in [1.807, 2.05) is 31.2 Å². The number of ether oxygens (including phenoxy) is 2. The first-order chi connectivity index (χ1) is 11.1. The highest BCUT2D eigenvalue weighted by molar-refractivity contribution is 5.81. The standard InChI is InChI=1S/C20H24O3/c1-5-22-9-10-23-19-11-14(2)20(16(4)15(19)3)18-8-6-7-17(12-18)13-21/h6-8,11-13H,5,9-10H2,1-4H3. The SMILES string of the molecule is CCOCCOc1cc(C)c(-c2cccc(C=O)c2)c(C)c1C. The number of aldehydes is 1. The van der Waals surface area contributed by atoms with Crippen molar-refractivity contribution in [2.75, 3.05) is 19.8 Å². The van der Waals surface area contributed by atoms with Gasteiger partial charge in [-0.2, -0.15) is 0 Å². The van der Waals surface area contributed by atoms with E-state index >= 15 is 0 Å². The highest BCUT2D eigenvalue weighted by Crippen LogP contribution is 2.34. The van der Waals surface area contributed by atoms with Crippen LogP contribution in [0.15, 0.2) is 30.3 Å². The molecular formula is C20H24O3. The summed E-state index contributed by atoms with van der Waals surface area (Å²) in [5.74, 6) is 0.898. The van der Waals surface area contributed by atoms with Gasteiger partial charge in [-0.1, -0.05) is 18.2 Å². The van der Waals surface area contributed by atoms with Crippen molar-refractivity contribution in [2.45, 2.75) is 27.7 Å². The molecule has 23 heavy (non-hydrogen) atoms. The minimum atomic E-state index is 0.549. The molecule has 0 aliphatic rings. The maximum atomic E-state index is 11.0. The third kappa shape index (κ3) is 3.99. The molecule has 0 radical (unpaired) electrons. The van der Waals surface area contributed by atoms with E-state index in [2.05, 4.69) is 26.8 Å². The van der Waals surface area contributed by atoms with Crippen molar-refractivity contribution in [3.05, 3.63) is 52.6 Å². The summed E-state index contributed by atoms with van der Waals surface area (Å²) in [6, 6.07) is 9.77. The minimum absolute atomic E-state index is 0.549. The van der Waals surface area contributed by atoms with Gasteiger partial charge in [-0.15, -0.1) is 0 Å². The van der Waals surface area contributed by atoms with Gasteiger partial charge in [0, 0.05) is 12.2 Å². The maximum Gasteiger partial charge on any atom is 0.150 e. The Morgan fingerprint density at radius 3 is 2.52 bits per heavy atom. The predicted molar refractivity (Wildman–Crippen MR) is 93.5 cm³/mol. The van der Waals surface area contributed by atoms with Gasteiger partial charge in [-0.05, 0) is 67.6 Å². The van der Waals surface area contributed by atoms with E-state index in [9.17, 15) is 4.79 Å². The van der Waals surface area contributed by atoms with Crippen LogP contribution in [0.4, 0.5) is 0 Å². The molecule has 2 rings (SSSR count). The summed E-state index contributed by atoms with van der Waals surface area (Å²) in [6.45, 7) is 10.1. The maximum absolute atomic E-state index is 11.0. The number of benzene rings is 2. The molecule has 122 valence electrons. The van der Waals surface area contributed by atoms with Crippen molar-refractivity contribution in [3.8, 4) is 16.9 Å². The first kappa shape index (κ1) is 17.2. The summed E-state index contributed by atoms with van der Waals surface area (Å²) in [5, 5.41) is 0. The van der Waals surface area contributed by atoms with Crippen molar-refractivity contribution in [2.24, 2.45) is 0 Å². The Labute approximate surface area is 138 Å². The highest BCUT2D eigenvalue weighted by atomic mass is 16.5. The van der Waals surface area contributed by atoms with E-state index in [0.29, 0.717) is 25.4 Å². The largest absolute Gasteiger partial charge is 0.491 e. The van der Waals surface area contributed by atoms with Crippen LogP contribution in [0, 0.1) is 20.8 Å².